The maximum atomic E-state index is 14.3. The number of para-hydroxylation sites is 1. The van der Waals surface area contributed by atoms with Gasteiger partial charge in [0, 0.05) is 53.6 Å². The van der Waals surface area contributed by atoms with Crippen molar-refractivity contribution in [2.75, 3.05) is 24.5 Å². The van der Waals surface area contributed by atoms with E-state index in [-0.39, 0.29) is 28.8 Å². The van der Waals surface area contributed by atoms with Gasteiger partial charge in [-0.15, -0.1) is 0 Å². The van der Waals surface area contributed by atoms with Gasteiger partial charge in [0.1, 0.15) is 11.5 Å². The van der Waals surface area contributed by atoms with Crippen LogP contribution in [-0.4, -0.2) is 41.8 Å². The van der Waals surface area contributed by atoms with Crippen molar-refractivity contribution in [3.8, 4) is 0 Å². The van der Waals surface area contributed by atoms with Crippen LogP contribution in [0.25, 0.3) is 0 Å². The summed E-state index contributed by atoms with van der Waals surface area (Å²) in [6.45, 7) is 10.6. The Labute approximate surface area is 241 Å². The monoisotopic (exact) mass is 553 g/mol. The number of allylic oxidation sites excluding steroid dienone is 1. The van der Waals surface area contributed by atoms with E-state index in [0.29, 0.717) is 49.0 Å². The molecule has 1 heterocycles. The molecule has 1 saturated heterocycles. The maximum absolute atomic E-state index is 14.3. The summed E-state index contributed by atoms with van der Waals surface area (Å²) < 4.78 is 28.0. The number of benzene rings is 3. The van der Waals surface area contributed by atoms with Crippen molar-refractivity contribution < 1.29 is 13.6 Å². The van der Waals surface area contributed by atoms with Gasteiger partial charge in [-0.1, -0.05) is 43.0 Å². The number of piperidine rings is 1. The van der Waals surface area contributed by atoms with Crippen molar-refractivity contribution in [2.45, 2.75) is 51.6 Å². The third kappa shape index (κ3) is 5.09. The van der Waals surface area contributed by atoms with Gasteiger partial charge < -0.3 is 9.80 Å². The molecule has 0 atom stereocenters. The predicted octanol–water partition coefficient (Wildman–Crippen LogP) is 7.62. The van der Waals surface area contributed by atoms with Gasteiger partial charge in [-0.25, -0.2) is 8.78 Å². The number of aryl methyl sites for hydroxylation is 2. The Morgan fingerprint density at radius 2 is 1.68 bits per heavy atom. The van der Waals surface area contributed by atoms with Crippen LogP contribution in [0.15, 0.2) is 79.0 Å². The molecule has 0 unspecified atom stereocenters. The van der Waals surface area contributed by atoms with Crippen molar-refractivity contribution in [3.05, 3.63) is 113 Å². The maximum Gasteiger partial charge on any atom is 0.253 e. The summed E-state index contributed by atoms with van der Waals surface area (Å²) in [6.07, 6.45) is 3.62. The fourth-order valence-electron chi connectivity index (χ4n) is 7.27. The van der Waals surface area contributed by atoms with Crippen LogP contribution < -0.4 is 4.90 Å². The molecule has 4 fully saturated rings. The summed E-state index contributed by atoms with van der Waals surface area (Å²) in [5, 5.41) is 8.54. The first-order valence-electron chi connectivity index (χ1n) is 14.5. The van der Waals surface area contributed by atoms with E-state index in [2.05, 4.69) is 36.6 Å². The van der Waals surface area contributed by atoms with Crippen molar-refractivity contribution in [3.63, 3.8) is 0 Å². The fourth-order valence-corrected chi connectivity index (χ4v) is 7.27. The van der Waals surface area contributed by atoms with Crippen LogP contribution in [0.2, 0.25) is 0 Å². The lowest BCUT2D eigenvalue weighted by Gasteiger charge is -2.67. The number of carbonyl (C=O) groups excluding carboxylic acids is 1. The number of nitrogens with zero attached hydrogens (tertiary/aromatic N) is 2. The molecular weight excluding hydrogens is 516 g/mol. The molecule has 2 bridgehead atoms. The molecule has 1 aliphatic heterocycles. The summed E-state index contributed by atoms with van der Waals surface area (Å²) in [5.41, 5.74) is 5.37. The van der Waals surface area contributed by atoms with Gasteiger partial charge >= 0.3 is 0 Å². The Bertz CT molecular complexity index is 1520. The molecule has 0 spiro atoms. The molecule has 41 heavy (non-hydrogen) atoms. The third-order valence-corrected chi connectivity index (χ3v) is 9.43. The zero-order valence-electron chi connectivity index (χ0n) is 23.9. The van der Waals surface area contributed by atoms with Crippen molar-refractivity contribution in [2.24, 2.45) is 11.3 Å². The highest BCUT2D eigenvalue weighted by Gasteiger charge is 2.69. The van der Waals surface area contributed by atoms with Crippen LogP contribution in [-0.2, 0) is 0 Å². The second-order valence-corrected chi connectivity index (χ2v) is 12.5. The smallest absolute Gasteiger partial charge is 0.253 e. The van der Waals surface area contributed by atoms with Gasteiger partial charge in [0.15, 0.2) is 0 Å². The van der Waals surface area contributed by atoms with Crippen molar-refractivity contribution in [1.29, 1.82) is 5.41 Å². The number of hydrogen-bond acceptors (Lipinski definition) is 3. The molecule has 0 radical (unpaired) electrons. The number of carbonyl (C=O) groups is 1. The number of hydrogen-bond donors (Lipinski definition) is 1. The Balaban J connectivity index is 1.12. The Morgan fingerprint density at radius 1 is 0.976 bits per heavy atom. The number of amides is 1. The number of halogens is 2. The molecule has 4 nitrogen and oxygen atoms in total. The molecular formula is C35H37F2N3O. The van der Waals surface area contributed by atoms with Crippen LogP contribution >= 0.6 is 0 Å². The first-order valence-corrected chi connectivity index (χ1v) is 14.5. The van der Waals surface area contributed by atoms with E-state index in [0.717, 1.165) is 36.3 Å². The molecule has 0 aromatic heterocycles. The quantitative estimate of drug-likeness (QED) is 0.292. The van der Waals surface area contributed by atoms with Gasteiger partial charge in [0.05, 0.1) is 5.71 Å². The molecule has 3 aromatic rings. The third-order valence-electron chi connectivity index (χ3n) is 9.43. The second kappa shape index (κ2) is 10.2. The molecule has 3 aliphatic carbocycles. The van der Waals surface area contributed by atoms with Crippen LogP contribution in [0.4, 0.5) is 14.5 Å². The second-order valence-electron chi connectivity index (χ2n) is 12.5. The van der Waals surface area contributed by atoms with Crippen molar-refractivity contribution in [1.82, 2.24) is 4.90 Å². The van der Waals surface area contributed by atoms with E-state index in [9.17, 15) is 13.6 Å². The summed E-state index contributed by atoms with van der Waals surface area (Å²) in [7, 11) is 0. The molecule has 1 N–H and O–H groups in total. The van der Waals surface area contributed by atoms with Gasteiger partial charge in [-0.2, -0.15) is 0 Å². The first kappa shape index (κ1) is 27.4. The van der Waals surface area contributed by atoms with Gasteiger partial charge in [0.2, 0.25) is 0 Å². The van der Waals surface area contributed by atoms with Gasteiger partial charge in [-0.3, -0.25) is 10.2 Å². The van der Waals surface area contributed by atoms with Crippen LogP contribution in [0.1, 0.15) is 64.7 Å². The van der Waals surface area contributed by atoms with E-state index in [4.69, 9.17) is 5.41 Å². The number of alkyl halides is 1. The van der Waals surface area contributed by atoms with Crippen LogP contribution in [0.5, 0.6) is 0 Å². The minimum absolute atomic E-state index is 0.0149. The lowest BCUT2D eigenvalue weighted by Crippen LogP contribution is -2.68. The number of anilines is 1. The van der Waals surface area contributed by atoms with Gasteiger partial charge in [-0.05, 0) is 92.8 Å². The number of rotatable bonds is 8. The largest absolute Gasteiger partial charge is 0.345 e. The fraction of sp³-hybridized carbons (Fsp3) is 0.371. The van der Waals surface area contributed by atoms with Crippen LogP contribution in [0.3, 0.4) is 0 Å². The topological polar surface area (TPSA) is 47.4 Å². The Kier molecular flexibility index (Phi) is 6.83. The number of nitrogens with one attached hydrogen (secondary N) is 1. The molecule has 7 rings (SSSR count). The highest BCUT2D eigenvalue weighted by atomic mass is 19.1. The predicted molar refractivity (Wildman–Crippen MR) is 160 cm³/mol. The first-order chi connectivity index (χ1) is 19.6. The molecule has 4 aliphatic rings. The van der Waals surface area contributed by atoms with E-state index in [1.54, 1.807) is 24.3 Å². The molecule has 1 amide bonds. The average Bonchev–Trinajstić information content (AvgIpc) is 2.93. The lowest BCUT2D eigenvalue weighted by atomic mass is 9.42. The SMILES string of the molecule is C=C(C1CCN(C(=O)c2ccc(C(=N)c3cccc(F)c3)c(C)c2)CC1)N(CC12CC(F)(C1)C2)c1ccccc1C. The zero-order chi connectivity index (χ0) is 28.9. The molecule has 6 heteroatoms. The zero-order valence-corrected chi connectivity index (χ0v) is 23.9. The van der Waals surface area contributed by atoms with Gasteiger partial charge in [0.25, 0.3) is 5.91 Å². The lowest BCUT2D eigenvalue weighted by molar-refractivity contribution is -0.206. The normalized spacial score (nSPS) is 23.4. The molecule has 3 aromatic carbocycles. The van der Waals surface area contributed by atoms with Crippen molar-refractivity contribution >= 4 is 17.3 Å². The molecule has 212 valence electrons. The number of likely N-dealkylation sites (tertiary alicyclic amines) is 1. The van der Waals surface area contributed by atoms with E-state index in [1.807, 2.05) is 24.0 Å². The summed E-state index contributed by atoms with van der Waals surface area (Å²) in [5.74, 6) is -0.141. The highest BCUT2D eigenvalue weighted by Crippen LogP contribution is 2.70. The Morgan fingerprint density at radius 3 is 2.32 bits per heavy atom. The summed E-state index contributed by atoms with van der Waals surface area (Å²) >= 11 is 0. The Hall–Kier alpha value is -3.80. The standard InChI is InChI=1S/C35H37F2N3O/c1-23-7-4-5-10-31(23)40(22-34-19-35(37,20-34)21-34)25(3)26-13-15-39(16-14-26)33(41)28-11-12-30(24(2)17-28)32(38)27-8-6-9-29(36)18-27/h4-12,17-18,26,38H,3,13-16,19-22H2,1-2H3. The minimum Gasteiger partial charge on any atom is -0.345 e. The van der Waals surface area contributed by atoms with Crippen LogP contribution in [0, 0.1) is 36.4 Å². The summed E-state index contributed by atoms with van der Waals surface area (Å²) in [4.78, 5) is 17.7. The highest BCUT2D eigenvalue weighted by molar-refractivity contribution is 6.12. The van der Waals surface area contributed by atoms with E-state index >= 15 is 0 Å². The molecule has 3 saturated carbocycles. The minimum atomic E-state index is -0.930. The summed E-state index contributed by atoms with van der Waals surface area (Å²) in [6, 6.07) is 19.8. The van der Waals surface area contributed by atoms with E-state index in [1.165, 1.54) is 17.7 Å². The average molecular weight is 554 g/mol. The van der Waals surface area contributed by atoms with E-state index < -0.39 is 5.67 Å².